The number of halogens is 1. The van der Waals surface area contributed by atoms with Gasteiger partial charge in [0, 0.05) is 12.1 Å². The van der Waals surface area contributed by atoms with Crippen molar-refractivity contribution < 1.29 is 4.74 Å². The van der Waals surface area contributed by atoms with Crippen LogP contribution in [-0.4, -0.2) is 12.5 Å². The highest BCUT2D eigenvalue weighted by Gasteiger charge is 2.03. The molecule has 118 valence electrons. The van der Waals surface area contributed by atoms with E-state index in [1.54, 1.807) is 0 Å². The quantitative estimate of drug-likeness (QED) is 0.431. The Labute approximate surface area is 148 Å². The third kappa shape index (κ3) is 5.93. The maximum atomic E-state index is 5.89. The van der Waals surface area contributed by atoms with E-state index in [0.717, 1.165) is 30.0 Å². The van der Waals surface area contributed by atoms with Crippen LogP contribution in [0.1, 0.15) is 18.9 Å². The largest absolute Gasteiger partial charge is 0.457 e. The fraction of sp³-hybridized carbons (Fsp3) is 0.235. The van der Waals surface area contributed by atoms with Crippen molar-refractivity contribution in [2.24, 2.45) is 10.7 Å². The molecule has 0 aliphatic carbocycles. The van der Waals surface area contributed by atoms with Gasteiger partial charge in [-0.05, 0) is 24.6 Å². The molecule has 0 atom stereocenters. The van der Waals surface area contributed by atoms with Crippen LogP contribution in [0.4, 0.5) is 0 Å². The van der Waals surface area contributed by atoms with Crippen molar-refractivity contribution in [3.05, 3.63) is 60.2 Å². The highest BCUT2D eigenvalue weighted by Crippen LogP contribution is 2.25. The van der Waals surface area contributed by atoms with Crippen LogP contribution in [-0.2, 0) is 6.54 Å². The molecule has 0 heterocycles. The van der Waals surface area contributed by atoms with Crippen LogP contribution in [0, 0.1) is 0 Å². The van der Waals surface area contributed by atoms with E-state index in [9.17, 15) is 0 Å². The Hall–Kier alpha value is -1.76. The van der Waals surface area contributed by atoms with E-state index in [-0.39, 0.29) is 24.0 Å². The Morgan fingerprint density at radius 2 is 1.77 bits per heavy atom. The fourth-order valence-corrected chi connectivity index (χ4v) is 1.83. The number of aliphatic imine (C=N–C) groups is 1. The molecule has 5 heteroatoms. The molecule has 2 aromatic carbocycles. The maximum absolute atomic E-state index is 5.89. The van der Waals surface area contributed by atoms with Crippen molar-refractivity contribution in [1.29, 1.82) is 0 Å². The second-order valence-electron chi connectivity index (χ2n) is 4.65. The number of para-hydroxylation sites is 2. The molecule has 0 saturated carbocycles. The zero-order valence-corrected chi connectivity index (χ0v) is 15.0. The van der Waals surface area contributed by atoms with Crippen molar-refractivity contribution in [3.63, 3.8) is 0 Å². The van der Waals surface area contributed by atoms with Crippen molar-refractivity contribution >= 4 is 29.9 Å². The Bertz CT molecular complexity index is 587. The number of hydrogen-bond acceptors (Lipinski definition) is 2. The summed E-state index contributed by atoms with van der Waals surface area (Å²) in [7, 11) is 0. The Morgan fingerprint density at radius 3 is 2.50 bits per heavy atom. The van der Waals surface area contributed by atoms with Gasteiger partial charge in [0.25, 0.3) is 0 Å². The first-order chi connectivity index (χ1) is 10.3. The predicted molar refractivity (Wildman–Crippen MR) is 102 cm³/mol. The zero-order chi connectivity index (χ0) is 14.9. The first-order valence-corrected chi connectivity index (χ1v) is 7.14. The third-order valence-electron chi connectivity index (χ3n) is 2.92. The van der Waals surface area contributed by atoms with Crippen LogP contribution in [0.2, 0.25) is 0 Å². The molecule has 22 heavy (non-hydrogen) atoms. The summed E-state index contributed by atoms with van der Waals surface area (Å²) in [6.07, 6.45) is 1.02. The molecule has 0 unspecified atom stereocenters. The minimum Gasteiger partial charge on any atom is -0.457 e. The Balaban J connectivity index is 0.00000242. The van der Waals surface area contributed by atoms with E-state index in [0.29, 0.717) is 12.5 Å². The highest BCUT2D eigenvalue weighted by atomic mass is 127. The monoisotopic (exact) mass is 411 g/mol. The Kier molecular flexibility index (Phi) is 8.35. The summed E-state index contributed by atoms with van der Waals surface area (Å²) in [4.78, 5) is 4.34. The molecular formula is C17H22IN3O. The fourth-order valence-electron chi connectivity index (χ4n) is 1.83. The van der Waals surface area contributed by atoms with Crippen molar-refractivity contribution in [3.8, 4) is 11.5 Å². The number of hydrogen-bond donors (Lipinski definition) is 2. The lowest BCUT2D eigenvalue weighted by Gasteiger charge is -2.10. The zero-order valence-electron chi connectivity index (χ0n) is 12.7. The molecule has 0 fully saturated rings. The van der Waals surface area contributed by atoms with Crippen LogP contribution in [0.3, 0.4) is 0 Å². The van der Waals surface area contributed by atoms with Gasteiger partial charge in [-0.1, -0.05) is 43.3 Å². The molecule has 0 saturated heterocycles. The molecule has 3 N–H and O–H groups in total. The van der Waals surface area contributed by atoms with Crippen molar-refractivity contribution in [2.75, 3.05) is 6.54 Å². The van der Waals surface area contributed by atoms with Crippen LogP contribution in [0.25, 0.3) is 0 Å². The first-order valence-electron chi connectivity index (χ1n) is 7.14. The summed E-state index contributed by atoms with van der Waals surface area (Å²) in [5, 5.41) is 3.06. The van der Waals surface area contributed by atoms with Crippen LogP contribution < -0.4 is 15.8 Å². The van der Waals surface area contributed by atoms with E-state index < -0.39 is 0 Å². The summed E-state index contributed by atoms with van der Waals surface area (Å²) in [5.74, 6) is 2.08. The van der Waals surface area contributed by atoms with E-state index in [2.05, 4.69) is 17.2 Å². The standard InChI is InChI=1S/C17H21N3O.HI/c1-2-12-19-17(18)20-13-14-8-6-7-11-16(14)21-15-9-4-3-5-10-15;/h3-11H,2,12-13H2,1H3,(H3,18,19,20);1H. The highest BCUT2D eigenvalue weighted by molar-refractivity contribution is 14.0. The van der Waals surface area contributed by atoms with E-state index in [1.165, 1.54) is 0 Å². The summed E-state index contributed by atoms with van der Waals surface area (Å²) in [6.45, 7) is 3.41. The summed E-state index contributed by atoms with van der Waals surface area (Å²) >= 11 is 0. The number of rotatable bonds is 6. The van der Waals surface area contributed by atoms with E-state index in [1.807, 2.05) is 54.6 Å². The Morgan fingerprint density at radius 1 is 1.09 bits per heavy atom. The predicted octanol–water partition coefficient (Wildman–Crippen LogP) is 3.91. The van der Waals surface area contributed by atoms with Gasteiger partial charge >= 0.3 is 0 Å². The lowest BCUT2D eigenvalue weighted by molar-refractivity contribution is 0.476. The summed E-state index contributed by atoms with van der Waals surface area (Å²) < 4.78 is 5.89. The average molecular weight is 411 g/mol. The number of ether oxygens (including phenoxy) is 1. The molecule has 0 amide bonds. The van der Waals surface area contributed by atoms with E-state index >= 15 is 0 Å². The molecule has 0 radical (unpaired) electrons. The number of nitrogens with two attached hydrogens (primary N) is 1. The third-order valence-corrected chi connectivity index (χ3v) is 2.92. The van der Waals surface area contributed by atoms with Gasteiger partial charge < -0.3 is 15.8 Å². The maximum Gasteiger partial charge on any atom is 0.188 e. The molecule has 2 rings (SSSR count). The topological polar surface area (TPSA) is 59.6 Å². The van der Waals surface area contributed by atoms with Crippen molar-refractivity contribution in [2.45, 2.75) is 19.9 Å². The molecule has 0 spiro atoms. The lowest BCUT2D eigenvalue weighted by Crippen LogP contribution is -2.32. The number of nitrogens with one attached hydrogen (secondary N) is 1. The molecular weight excluding hydrogens is 389 g/mol. The average Bonchev–Trinajstić information content (AvgIpc) is 2.53. The molecule has 0 aliphatic rings. The summed E-state index contributed by atoms with van der Waals surface area (Å²) in [6, 6.07) is 17.6. The first kappa shape index (κ1) is 18.3. The van der Waals surface area contributed by atoms with Gasteiger partial charge in [0.15, 0.2) is 5.96 Å². The molecule has 2 aromatic rings. The normalized spacial score (nSPS) is 10.7. The van der Waals surface area contributed by atoms with Crippen LogP contribution in [0.5, 0.6) is 11.5 Å². The summed E-state index contributed by atoms with van der Waals surface area (Å²) in [5.41, 5.74) is 6.81. The molecule has 4 nitrogen and oxygen atoms in total. The molecule has 0 bridgehead atoms. The van der Waals surface area contributed by atoms with Crippen LogP contribution in [0.15, 0.2) is 59.6 Å². The number of nitrogens with zero attached hydrogens (tertiary/aromatic N) is 1. The second kappa shape index (κ2) is 10.0. The van der Waals surface area contributed by atoms with Crippen LogP contribution >= 0.6 is 24.0 Å². The van der Waals surface area contributed by atoms with Gasteiger partial charge in [0.2, 0.25) is 0 Å². The molecule has 0 aliphatic heterocycles. The SMILES string of the molecule is CCCNC(N)=NCc1ccccc1Oc1ccccc1.I. The van der Waals surface area contributed by atoms with E-state index in [4.69, 9.17) is 10.5 Å². The van der Waals surface area contributed by atoms with Gasteiger partial charge in [-0.3, -0.25) is 0 Å². The van der Waals surface area contributed by atoms with Gasteiger partial charge in [0.1, 0.15) is 11.5 Å². The number of benzene rings is 2. The van der Waals surface area contributed by atoms with Gasteiger partial charge in [-0.25, -0.2) is 4.99 Å². The van der Waals surface area contributed by atoms with Gasteiger partial charge in [-0.15, -0.1) is 24.0 Å². The van der Waals surface area contributed by atoms with Crippen molar-refractivity contribution in [1.82, 2.24) is 5.32 Å². The number of guanidine groups is 1. The van der Waals surface area contributed by atoms with Gasteiger partial charge in [0.05, 0.1) is 6.54 Å². The van der Waals surface area contributed by atoms with Gasteiger partial charge in [-0.2, -0.15) is 0 Å². The lowest BCUT2D eigenvalue weighted by atomic mass is 10.2. The second-order valence-corrected chi connectivity index (χ2v) is 4.65. The minimum atomic E-state index is 0. The minimum absolute atomic E-state index is 0. The smallest absolute Gasteiger partial charge is 0.188 e. The molecule has 0 aromatic heterocycles.